The van der Waals surface area contributed by atoms with Crippen LogP contribution >= 0.6 is 11.6 Å². The van der Waals surface area contributed by atoms with E-state index in [0.717, 1.165) is 42.0 Å². The number of hydrogen-bond acceptors (Lipinski definition) is 2. The third-order valence-electron chi connectivity index (χ3n) is 7.79. The predicted molar refractivity (Wildman–Crippen MR) is 123 cm³/mol. The van der Waals surface area contributed by atoms with Crippen molar-refractivity contribution in [1.29, 1.82) is 0 Å². The van der Waals surface area contributed by atoms with E-state index in [9.17, 15) is 18.0 Å². The fourth-order valence-electron chi connectivity index (χ4n) is 6.83. The molecular weight excluding hydrogens is 449 g/mol. The fraction of sp³-hybridized carbons (Fsp3) is 0.500. The molecule has 7 heteroatoms. The summed E-state index contributed by atoms with van der Waals surface area (Å²) in [4.78, 5) is 13.3. The second kappa shape index (κ2) is 8.62. The Kier molecular flexibility index (Phi) is 5.94. The van der Waals surface area contributed by atoms with Crippen molar-refractivity contribution < 1.29 is 18.0 Å². The number of hydrogen-bond donors (Lipinski definition) is 2. The summed E-state index contributed by atoms with van der Waals surface area (Å²) in [6.07, 6.45) is 3.12. The number of rotatable bonds is 6. The van der Waals surface area contributed by atoms with Gasteiger partial charge in [0.25, 0.3) is 0 Å². The Hall–Kier alpha value is -2.05. The van der Waals surface area contributed by atoms with E-state index < -0.39 is 23.7 Å². The molecule has 0 aromatic heterocycles. The molecule has 4 aliphatic carbocycles. The van der Waals surface area contributed by atoms with Gasteiger partial charge in [-0.15, -0.1) is 0 Å². The first-order valence-electron chi connectivity index (χ1n) is 11.7. The van der Waals surface area contributed by atoms with Gasteiger partial charge >= 0.3 is 6.18 Å². The van der Waals surface area contributed by atoms with E-state index in [-0.39, 0.29) is 16.1 Å². The molecule has 4 bridgehead atoms. The zero-order chi connectivity index (χ0) is 23.2. The van der Waals surface area contributed by atoms with E-state index >= 15 is 0 Å². The Morgan fingerprint density at radius 3 is 2.18 bits per heavy atom. The first kappa shape index (κ1) is 22.7. The zero-order valence-corrected chi connectivity index (χ0v) is 19.1. The monoisotopic (exact) mass is 476 g/mol. The minimum absolute atomic E-state index is 0.0333. The van der Waals surface area contributed by atoms with Gasteiger partial charge in [-0.2, -0.15) is 13.2 Å². The minimum Gasteiger partial charge on any atom is -0.323 e. The van der Waals surface area contributed by atoms with Crippen LogP contribution in [0.4, 0.5) is 18.9 Å². The van der Waals surface area contributed by atoms with Crippen molar-refractivity contribution in [3.05, 3.63) is 64.7 Å². The smallest absolute Gasteiger partial charge is 0.323 e. The van der Waals surface area contributed by atoms with Crippen molar-refractivity contribution >= 4 is 23.2 Å². The second-order valence-electron chi connectivity index (χ2n) is 10.3. The number of anilines is 1. The van der Waals surface area contributed by atoms with Crippen LogP contribution in [0, 0.1) is 23.2 Å². The van der Waals surface area contributed by atoms with E-state index in [4.69, 9.17) is 11.6 Å². The highest BCUT2D eigenvalue weighted by atomic mass is 35.5. The minimum atomic E-state index is -4.51. The maximum Gasteiger partial charge on any atom is 0.416 e. The molecule has 1 amide bonds. The summed E-state index contributed by atoms with van der Waals surface area (Å²) in [5, 5.41) is 6.22. The van der Waals surface area contributed by atoms with Crippen molar-refractivity contribution in [2.45, 2.75) is 50.7 Å². The van der Waals surface area contributed by atoms with Crippen LogP contribution in [0.5, 0.6) is 0 Å². The number of carbonyl (C=O) groups is 1. The Labute approximate surface area is 197 Å². The summed E-state index contributed by atoms with van der Waals surface area (Å²) in [5.74, 6) is 1.98. The lowest BCUT2D eigenvalue weighted by molar-refractivity contribution is -0.137. The van der Waals surface area contributed by atoms with Gasteiger partial charge in [0.15, 0.2) is 0 Å². The largest absolute Gasteiger partial charge is 0.416 e. The number of halogens is 4. The fourth-order valence-corrected chi connectivity index (χ4v) is 7.00. The van der Waals surface area contributed by atoms with Crippen molar-refractivity contribution in [2.24, 2.45) is 23.2 Å². The molecule has 2 aromatic rings. The molecule has 2 N–H and O–H groups in total. The zero-order valence-electron chi connectivity index (χ0n) is 18.3. The molecule has 0 aliphatic heterocycles. The summed E-state index contributed by atoms with van der Waals surface area (Å²) in [5.41, 5.74) is 0.118. The van der Waals surface area contributed by atoms with Crippen LogP contribution < -0.4 is 10.6 Å². The van der Waals surface area contributed by atoms with Crippen molar-refractivity contribution in [3.8, 4) is 0 Å². The third kappa shape index (κ3) is 4.78. The molecule has 4 aliphatic rings. The number of nitrogens with one attached hydrogen (secondary N) is 2. The highest BCUT2D eigenvalue weighted by Crippen LogP contribution is 2.59. The number of amides is 1. The summed E-state index contributed by atoms with van der Waals surface area (Å²) in [6.45, 7) is 0.736. The Bertz CT molecular complexity index is 989. The molecule has 176 valence electrons. The first-order valence-corrected chi connectivity index (χ1v) is 12.0. The van der Waals surface area contributed by atoms with Gasteiger partial charge < -0.3 is 10.6 Å². The number of carbonyl (C=O) groups excluding carboxylic acids is 1. The predicted octanol–water partition coefficient (Wildman–Crippen LogP) is 6.84. The highest BCUT2D eigenvalue weighted by Gasteiger charge is 2.50. The lowest BCUT2D eigenvalue weighted by atomic mass is 9.49. The molecule has 33 heavy (non-hydrogen) atoms. The van der Waals surface area contributed by atoms with Gasteiger partial charge in [-0.3, -0.25) is 4.79 Å². The van der Waals surface area contributed by atoms with Crippen LogP contribution in [-0.4, -0.2) is 12.5 Å². The van der Waals surface area contributed by atoms with Crippen LogP contribution in [0.3, 0.4) is 0 Å². The van der Waals surface area contributed by atoms with Gasteiger partial charge in [0.2, 0.25) is 5.91 Å². The summed E-state index contributed by atoms with van der Waals surface area (Å²) < 4.78 is 39.5. The van der Waals surface area contributed by atoms with Crippen LogP contribution in [-0.2, 0) is 11.0 Å². The molecule has 6 rings (SSSR count). The average Bonchev–Trinajstić information content (AvgIpc) is 2.74. The molecule has 1 unspecified atom stereocenters. The molecule has 0 radical (unpaired) electrons. The van der Waals surface area contributed by atoms with Crippen molar-refractivity contribution in [3.63, 3.8) is 0 Å². The normalized spacial score (nSPS) is 29.2. The maximum atomic E-state index is 13.3. The van der Waals surface area contributed by atoms with Gasteiger partial charge in [0.1, 0.15) is 6.04 Å². The Morgan fingerprint density at radius 1 is 1.00 bits per heavy atom. The SMILES string of the molecule is O=C(Nc1cc(C(F)(F)F)ccc1Cl)C(NCC12CC3CC(CC(C3)C1)C2)c1ccccc1. The molecule has 4 fully saturated rings. The standard InChI is InChI=1S/C26H28ClF3N2O/c27-21-7-6-20(26(28,29)30)11-22(21)32-24(33)23(19-4-2-1-3-5-19)31-15-25-12-16-8-17(13-25)10-18(9-16)14-25/h1-7,11,16-18,23,31H,8-10,12-15H2,(H,32,33). The lowest BCUT2D eigenvalue weighted by Gasteiger charge is -2.57. The van der Waals surface area contributed by atoms with Crippen LogP contribution in [0.25, 0.3) is 0 Å². The summed E-state index contributed by atoms with van der Waals surface area (Å²) in [7, 11) is 0. The van der Waals surface area contributed by atoms with Gasteiger partial charge in [-0.05, 0) is 85.5 Å². The van der Waals surface area contributed by atoms with Crippen LogP contribution in [0.15, 0.2) is 48.5 Å². The van der Waals surface area contributed by atoms with Gasteiger partial charge in [-0.1, -0.05) is 41.9 Å². The Morgan fingerprint density at radius 2 is 1.61 bits per heavy atom. The molecule has 3 nitrogen and oxygen atoms in total. The summed E-state index contributed by atoms with van der Waals surface area (Å²) in [6, 6.07) is 11.6. The topological polar surface area (TPSA) is 41.1 Å². The van der Waals surface area contributed by atoms with Gasteiger partial charge in [0, 0.05) is 6.54 Å². The van der Waals surface area contributed by atoms with E-state index in [1.54, 1.807) is 0 Å². The van der Waals surface area contributed by atoms with E-state index in [1.807, 2.05) is 30.3 Å². The van der Waals surface area contributed by atoms with E-state index in [0.29, 0.717) is 0 Å². The third-order valence-corrected chi connectivity index (χ3v) is 8.12. The van der Waals surface area contributed by atoms with Gasteiger partial charge in [-0.25, -0.2) is 0 Å². The molecule has 2 aromatic carbocycles. The summed E-state index contributed by atoms with van der Waals surface area (Å²) >= 11 is 6.13. The number of alkyl halides is 3. The second-order valence-corrected chi connectivity index (χ2v) is 10.7. The van der Waals surface area contributed by atoms with E-state index in [2.05, 4.69) is 10.6 Å². The van der Waals surface area contributed by atoms with E-state index in [1.165, 1.54) is 44.6 Å². The molecule has 0 heterocycles. The maximum absolute atomic E-state index is 13.3. The average molecular weight is 477 g/mol. The number of benzene rings is 2. The first-order chi connectivity index (χ1) is 15.7. The van der Waals surface area contributed by atoms with Crippen LogP contribution in [0.1, 0.15) is 55.7 Å². The molecule has 0 saturated heterocycles. The Balaban J connectivity index is 1.36. The molecule has 4 saturated carbocycles. The van der Waals surface area contributed by atoms with Gasteiger partial charge in [0.05, 0.1) is 16.3 Å². The van der Waals surface area contributed by atoms with Crippen molar-refractivity contribution in [1.82, 2.24) is 5.32 Å². The van der Waals surface area contributed by atoms with Crippen molar-refractivity contribution in [2.75, 3.05) is 11.9 Å². The molecule has 1 atom stereocenters. The lowest BCUT2D eigenvalue weighted by Crippen LogP contribution is -2.51. The molecular formula is C26H28ClF3N2O. The van der Waals surface area contributed by atoms with Crippen LogP contribution in [0.2, 0.25) is 5.02 Å². The quantitative estimate of drug-likeness (QED) is 0.479. The highest BCUT2D eigenvalue weighted by molar-refractivity contribution is 6.33. The molecule has 0 spiro atoms.